The number of halogens is 4. The Morgan fingerprint density at radius 1 is 1.06 bits per heavy atom. The molecule has 1 saturated carbocycles. The van der Waals surface area contributed by atoms with Gasteiger partial charge in [0, 0.05) is 12.0 Å². The summed E-state index contributed by atoms with van der Waals surface area (Å²) in [5, 5.41) is 12.8. The highest BCUT2D eigenvalue weighted by molar-refractivity contribution is 7.89. The molecule has 0 aromatic heterocycles. The fourth-order valence-electron chi connectivity index (χ4n) is 4.23. The summed E-state index contributed by atoms with van der Waals surface area (Å²) >= 11 is 5.66. The minimum Gasteiger partial charge on any atom is -0.388 e. The molecule has 0 unspecified atom stereocenters. The summed E-state index contributed by atoms with van der Waals surface area (Å²) < 4.78 is 66.6. The molecular formula is C24H28ClF3N2O4S. The molecule has 1 aliphatic carbocycles. The third kappa shape index (κ3) is 6.97. The van der Waals surface area contributed by atoms with Crippen molar-refractivity contribution in [3.8, 4) is 0 Å². The molecule has 0 aliphatic heterocycles. The molecule has 1 fully saturated rings. The second-order valence-electron chi connectivity index (χ2n) is 9.32. The maximum absolute atomic E-state index is 12.9. The Labute approximate surface area is 207 Å². The second-order valence-corrected chi connectivity index (χ2v) is 11.4. The molecule has 1 amide bonds. The van der Waals surface area contributed by atoms with E-state index in [0.29, 0.717) is 31.7 Å². The number of alkyl halides is 3. The molecular weight excluding hydrogens is 505 g/mol. The number of aliphatic hydroxyl groups is 1. The quantitative estimate of drug-likeness (QED) is 0.476. The van der Waals surface area contributed by atoms with Crippen LogP contribution < -0.4 is 10.0 Å². The van der Waals surface area contributed by atoms with E-state index in [9.17, 15) is 31.5 Å². The average Bonchev–Trinajstić information content (AvgIpc) is 2.76. The summed E-state index contributed by atoms with van der Waals surface area (Å²) in [6, 6.07) is 10.3. The zero-order valence-corrected chi connectivity index (χ0v) is 20.8. The van der Waals surface area contributed by atoms with Crippen LogP contribution in [0, 0.1) is 5.92 Å². The van der Waals surface area contributed by atoms with Gasteiger partial charge in [0.15, 0.2) is 0 Å². The lowest BCUT2D eigenvalue weighted by atomic mass is 9.84. The second kappa shape index (κ2) is 10.5. The topological polar surface area (TPSA) is 95.5 Å². The minimum absolute atomic E-state index is 0.225. The predicted octanol–water partition coefficient (Wildman–Crippen LogP) is 4.82. The smallest absolute Gasteiger partial charge is 0.388 e. The third-order valence-corrected chi connectivity index (χ3v) is 7.93. The standard InChI is InChI=1S/C24H28ClF3N2O4S/c1-23(2,32)21(15-6-4-3-5-7-15)29-22(31)16-8-10-17(11-9-16)30-35(33,34)18-12-13-19(20(25)14-18)24(26,27)28/h3-7,12-14,16-17,21,30,32H,8-11H2,1-2H3,(H,29,31)/t16?,17?,21-/m0/s1. The molecule has 0 radical (unpaired) electrons. The first-order valence-electron chi connectivity index (χ1n) is 11.2. The fraction of sp³-hybridized carbons (Fsp3) is 0.458. The molecule has 0 bridgehead atoms. The van der Waals surface area contributed by atoms with Crippen molar-refractivity contribution in [2.75, 3.05) is 0 Å². The lowest BCUT2D eigenvalue weighted by Gasteiger charge is -2.34. The van der Waals surface area contributed by atoms with Crippen LogP contribution in [0.1, 0.15) is 56.7 Å². The van der Waals surface area contributed by atoms with Gasteiger partial charge in [-0.05, 0) is 63.3 Å². The van der Waals surface area contributed by atoms with Crippen LogP contribution in [0.4, 0.5) is 13.2 Å². The van der Waals surface area contributed by atoms with Crippen molar-refractivity contribution in [1.82, 2.24) is 10.0 Å². The largest absolute Gasteiger partial charge is 0.417 e. The van der Waals surface area contributed by atoms with Crippen LogP contribution >= 0.6 is 11.6 Å². The van der Waals surface area contributed by atoms with Crippen LogP contribution in [0.25, 0.3) is 0 Å². The van der Waals surface area contributed by atoms with Gasteiger partial charge < -0.3 is 10.4 Å². The van der Waals surface area contributed by atoms with Crippen molar-refractivity contribution >= 4 is 27.5 Å². The van der Waals surface area contributed by atoms with Crippen molar-refractivity contribution in [3.05, 3.63) is 64.7 Å². The summed E-state index contributed by atoms with van der Waals surface area (Å²) in [5.74, 6) is -0.582. The van der Waals surface area contributed by atoms with Gasteiger partial charge in [-0.25, -0.2) is 13.1 Å². The molecule has 11 heteroatoms. The Hall–Kier alpha value is -2.14. The van der Waals surface area contributed by atoms with E-state index in [-0.39, 0.29) is 16.7 Å². The molecule has 192 valence electrons. The van der Waals surface area contributed by atoms with Gasteiger partial charge in [-0.2, -0.15) is 13.2 Å². The van der Waals surface area contributed by atoms with Crippen LogP contribution in [-0.4, -0.2) is 31.1 Å². The van der Waals surface area contributed by atoms with Crippen LogP contribution in [0.5, 0.6) is 0 Å². The monoisotopic (exact) mass is 532 g/mol. The van der Waals surface area contributed by atoms with Crippen LogP contribution in [0.15, 0.2) is 53.4 Å². The van der Waals surface area contributed by atoms with Crippen molar-refractivity contribution in [2.45, 2.75) is 68.3 Å². The van der Waals surface area contributed by atoms with Gasteiger partial charge in [-0.3, -0.25) is 4.79 Å². The number of rotatable bonds is 7. The van der Waals surface area contributed by atoms with E-state index in [2.05, 4.69) is 10.0 Å². The molecule has 3 N–H and O–H groups in total. The molecule has 35 heavy (non-hydrogen) atoms. The maximum atomic E-state index is 12.9. The molecule has 0 spiro atoms. The first-order chi connectivity index (χ1) is 16.2. The van der Waals surface area contributed by atoms with E-state index in [1.807, 2.05) is 30.3 Å². The Morgan fingerprint density at radius 3 is 2.17 bits per heavy atom. The molecule has 2 aromatic carbocycles. The molecule has 1 aliphatic rings. The Balaban J connectivity index is 1.61. The SMILES string of the molecule is CC(C)(O)[C@@H](NC(=O)C1CCC(NS(=O)(=O)c2ccc(C(F)(F)F)c(Cl)c2)CC1)c1ccccc1. The van der Waals surface area contributed by atoms with E-state index in [1.54, 1.807) is 13.8 Å². The van der Waals surface area contributed by atoms with Crippen molar-refractivity contribution < 1.29 is 31.5 Å². The van der Waals surface area contributed by atoms with E-state index in [1.165, 1.54) is 0 Å². The normalized spacial score (nSPS) is 20.3. The molecule has 1 atom stereocenters. The molecule has 0 saturated heterocycles. The number of sulfonamides is 1. The maximum Gasteiger partial charge on any atom is 0.417 e. The van der Waals surface area contributed by atoms with Gasteiger partial charge in [-0.15, -0.1) is 0 Å². The van der Waals surface area contributed by atoms with Gasteiger partial charge in [-0.1, -0.05) is 41.9 Å². The van der Waals surface area contributed by atoms with Crippen molar-refractivity contribution in [3.63, 3.8) is 0 Å². The van der Waals surface area contributed by atoms with Gasteiger partial charge in [0.1, 0.15) is 0 Å². The highest BCUT2D eigenvalue weighted by Gasteiger charge is 2.36. The van der Waals surface area contributed by atoms with E-state index in [0.717, 1.165) is 17.7 Å². The number of benzene rings is 2. The van der Waals surface area contributed by atoms with Gasteiger partial charge in [0.2, 0.25) is 15.9 Å². The first-order valence-corrected chi connectivity index (χ1v) is 13.0. The van der Waals surface area contributed by atoms with Crippen LogP contribution in [0.2, 0.25) is 5.02 Å². The Kier molecular flexibility index (Phi) is 8.20. The Morgan fingerprint density at radius 2 is 1.66 bits per heavy atom. The number of amides is 1. The third-order valence-electron chi connectivity index (χ3n) is 6.10. The zero-order chi connectivity index (χ0) is 26.0. The van der Waals surface area contributed by atoms with Gasteiger partial charge in [0.05, 0.1) is 27.1 Å². The Bertz CT molecular complexity index is 1140. The van der Waals surface area contributed by atoms with Crippen LogP contribution in [-0.2, 0) is 21.0 Å². The fourth-order valence-corrected chi connectivity index (χ4v) is 5.91. The summed E-state index contributed by atoms with van der Waals surface area (Å²) in [4.78, 5) is 12.6. The molecule has 0 heterocycles. The highest BCUT2D eigenvalue weighted by atomic mass is 35.5. The number of carbonyl (C=O) groups excluding carboxylic acids is 1. The lowest BCUT2D eigenvalue weighted by Crippen LogP contribution is -2.46. The molecule has 3 rings (SSSR count). The molecule has 2 aromatic rings. The summed E-state index contributed by atoms with van der Waals surface area (Å²) in [7, 11) is -4.09. The van der Waals surface area contributed by atoms with E-state index in [4.69, 9.17) is 11.6 Å². The summed E-state index contributed by atoms with van der Waals surface area (Å²) in [6.07, 6.45) is -3.09. The zero-order valence-electron chi connectivity index (χ0n) is 19.3. The first kappa shape index (κ1) is 27.4. The summed E-state index contributed by atoms with van der Waals surface area (Å²) in [5.41, 5.74) is -1.54. The lowest BCUT2D eigenvalue weighted by molar-refractivity contribution is -0.137. The average molecular weight is 533 g/mol. The van der Waals surface area contributed by atoms with Gasteiger partial charge >= 0.3 is 6.18 Å². The number of hydrogen-bond donors (Lipinski definition) is 3. The number of hydrogen-bond acceptors (Lipinski definition) is 4. The van der Waals surface area contributed by atoms with Crippen LogP contribution in [0.3, 0.4) is 0 Å². The van der Waals surface area contributed by atoms with Crippen molar-refractivity contribution in [2.24, 2.45) is 5.92 Å². The summed E-state index contributed by atoms with van der Waals surface area (Å²) in [6.45, 7) is 3.23. The number of carbonyl (C=O) groups is 1. The minimum atomic E-state index is -4.68. The predicted molar refractivity (Wildman–Crippen MR) is 126 cm³/mol. The van der Waals surface area contributed by atoms with E-state index < -0.39 is 44.5 Å². The number of nitrogens with one attached hydrogen (secondary N) is 2. The van der Waals surface area contributed by atoms with Crippen molar-refractivity contribution in [1.29, 1.82) is 0 Å². The van der Waals surface area contributed by atoms with E-state index >= 15 is 0 Å². The molecule has 6 nitrogen and oxygen atoms in total. The van der Waals surface area contributed by atoms with Gasteiger partial charge in [0.25, 0.3) is 0 Å². The highest BCUT2D eigenvalue weighted by Crippen LogP contribution is 2.36.